The molecule has 0 saturated carbocycles. The zero-order chi connectivity index (χ0) is 34.3. The third-order valence-electron chi connectivity index (χ3n) is 9.43. The number of hydrogen-bond donors (Lipinski definition) is 0. The summed E-state index contributed by atoms with van der Waals surface area (Å²) in [7, 11) is 0. The van der Waals surface area contributed by atoms with E-state index in [1.165, 1.54) is 22.4 Å². The molecule has 0 spiro atoms. The van der Waals surface area contributed by atoms with E-state index in [-0.39, 0.29) is 0 Å². The molecule has 5 nitrogen and oxygen atoms in total. The normalized spacial score (nSPS) is 11.3. The van der Waals surface area contributed by atoms with Crippen molar-refractivity contribution >= 4 is 17.1 Å². The van der Waals surface area contributed by atoms with Crippen molar-refractivity contribution in [3.63, 3.8) is 0 Å². The molecule has 2 aromatic heterocycles. The molecule has 0 amide bonds. The maximum absolute atomic E-state index is 6.03. The van der Waals surface area contributed by atoms with Gasteiger partial charge in [-0.2, -0.15) is 0 Å². The second kappa shape index (κ2) is 14.7. The fraction of sp³-hybridized carbons (Fsp3) is 0.156. The van der Waals surface area contributed by atoms with Gasteiger partial charge in [0.2, 0.25) is 0 Å². The molecule has 5 aromatic carbocycles. The molecular formula is C45H41NO4. The predicted molar refractivity (Wildman–Crippen MR) is 200 cm³/mol. The summed E-state index contributed by atoms with van der Waals surface area (Å²) in [6.07, 6.45) is 4.27. The molecule has 0 aliphatic heterocycles. The van der Waals surface area contributed by atoms with Gasteiger partial charge in [-0.1, -0.05) is 79.7 Å². The van der Waals surface area contributed by atoms with Gasteiger partial charge in [0, 0.05) is 16.8 Å². The van der Waals surface area contributed by atoms with Gasteiger partial charge in [-0.3, -0.25) is 0 Å². The molecule has 0 radical (unpaired) electrons. The number of furan rings is 2. The lowest BCUT2D eigenvalue weighted by atomic mass is 9.71. The van der Waals surface area contributed by atoms with Gasteiger partial charge in [-0.15, -0.1) is 0 Å². The van der Waals surface area contributed by atoms with Crippen molar-refractivity contribution in [1.29, 1.82) is 0 Å². The molecule has 250 valence electrons. The van der Waals surface area contributed by atoms with E-state index < -0.39 is 5.41 Å². The van der Waals surface area contributed by atoms with Crippen molar-refractivity contribution in [2.24, 2.45) is 0 Å². The van der Waals surface area contributed by atoms with Crippen LogP contribution < -0.4 is 14.4 Å². The maximum Gasteiger partial charge on any atom is 0.146 e. The van der Waals surface area contributed by atoms with E-state index in [0.717, 1.165) is 51.9 Å². The summed E-state index contributed by atoms with van der Waals surface area (Å²) in [5.41, 5.74) is 9.00. The van der Waals surface area contributed by atoms with Crippen molar-refractivity contribution in [2.75, 3.05) is 4.90 Å². The summed E-state index contributed by atoms with van der Waals surface area (Å²) < 4.78 is 23.0. The Bertz CT molecular complexity index is 2000. The highest BCUT2D eigenvalue weighted by Gasteiger charge is 2.32. The Morgan fingerprint density at radius 3 is 1.52 bits per heavy atom. The number of anilines is 3. The van der Waals surface area contributed by atoms with Crippen LogP contribution in [0.15, 0.2) is 167 Å². The van der Waals surface area contributed by atoms with Crippen molar-refractivity contribution < 1.29 is 18.3 Å². The SMILES string of the molecule is CCc1cccc(C)c1N(c1ccccc1)c1ccc(C(C)(c2ccc(OCc3ccco3)cc2)c2ccc(OCc3ccco3)cc2)cc1. The minimum absolute atomic E-state index is 0.378. The van der Waals surface area contributed by atoms with Crippen molar-refractivity contribution in [3.05, 3.63) is 197 Å². The van der Waals surface area contributed by atoms with E-state index in [1.807, 2.05) is 48.5 Å². The largest absolute Gasteiger partial charge is 0.486 e. The first-order valence-electron chi connectivity index (χ1n) is 17.1. The quantitative estimate of drug-likeness (QED) is 0.115. The first kappa shape index (κ1) is 32.6. The average molecular weight is 660 g/mol. The molecule has 2 heterocycles. The Kier molecular flexibility index (Phi) is 9.56. The smallest absolute Gasteiger partial charge is 0.146 e. The van der Waals surface area contributed by atoms with Crippen LogP contribution in [0, 0.1) is 6.92 Å². The maximum atomic E-state index is 6.03. The van der Waals surface area contributed by atoms with Crippen LogP contribution in [0.25, 0.3) is 0 Å². The second-order valence-corrected chi connectivity index (χ2v) is 12.6. The number of rotatable bonds is 13. The molecule has 0 atom stereocenters. The van der Waals surface area contributed by atoms with Gasteiger partial charge in [0.1, 0.15) is 36.2 Å². The van der Waals surface area contributed by atoms with E-state index in [2.05, 4.69) is 123 Å². The van der Waals surface area contributed by atoms with Crippen LogP contribution in [-0.4, -0.2) is 0 Å². The highest BCUT2D eigenvalue weighted by Crippen LogP contribution is 2.43. The van der Waals surface area contributed by atoms with Gasteiger partial charge in [0.15, 0.2) is 0 Å². The summed E-state index contributed by atoms with van der Waals surface area (Å²) in [6, 6.07) is 50.5. The van der Waals surface area contributed by atoms with Gasteiger partial charge >= 0.3 is 0 Å². The van der Waals surface area contributed by atoms with Crippen molar-refractivity contribution in [1.82, 2.24) is 0 Å². The number of para-hydroxylation sites is 2. The minimum Gasteiger partial charge on any atom is -0.486 e. The molecule has 50 heavy (non-hydrogen) atoms. The Labute approximate surface area is 294 Å². The lowest BCUT2D eigenvalue weighted by Crippen LogP contribution is -2.25. The third kappa shape index (κ3) is 6.81. The lowest BCUT2D eigenvalue weighted by molar-refractivity contribution is 0.270. The fourth-order valence-electron chi connectivity index (χ4n) is 6.62. The van der Waals surface area contributed by atoms with Gasteiger partial charge < -0.3 is 23.2 Å². The minimum atomic E-state index is -0.480. The zero-order valence-corrected chi connectivity index (χ0v) is 28.7. The van der Waals surface area contributed by atoms with Crippen LogP contribution in [0.5, 0.6) is 11.5 Å². The molecule has 0 aliphatic rings. The zero-order valence-electron chi connectivity index (χ0n) is 28.7. The fourth-order valence-corrected chi connectivity index (χ4v) is 6.62. The van der Waals surface area contributed by atoms with Gasteiger partial charge in [-0.05, 0) is 121 Å². The first-order valence-corrected chi connectivity index (χ1v) is 17.1. The van der Waals surface area contributed by atoms with Gasteiger partial charge in [0.05, 0.1) is 18.2 Å². The number of benzene rings is 5. The first-order chi connectivity index (χ1) is 24.5. The molecule has 7 rings (SSSR count). The van der Waals surface area contributed by atoms with Crippen molar-refractivity contribution in [3.8, 4) is 11.5 Å². The van der Waals surface area contributed by atoms with Crippen LogP contribution >= 0.6 is 0 Å². The molecule has 0 bridgehead atoms. The molecule has 0 unspecified atom stereocenters. The van der Waals surface area contributed by atoms with Gasteiger partial charge in [0.25, 0.3) is 0 Å². The van der Waals surface area contributed by atoms with Crippen molar-refractivity contribution in [2.45, 2.75) is 45.8 Å². The number of nitrogens with zero attached hydrogens (tertiary/aromatic N) is 1. The Balaban J connectivity index is 1.26. The standard InChI is InChI=1S/C45H41NO4/c1-4-34-12-8-11-33(2)44(34)46(38-13-6-5-7-14-38)39-23-17-35(18-24-39)45(3,36-19-25-40(26-20-36)49-31-42-15-9-29-47-42)37-21-27-41(28-22-37)50-32-43-16-10-30-48-43/h5-30H,4,31-32H2,1-3H3. The predicted octanol–water partition coefficient (Wildman–Crippen LogP) is 11.7. The highest BCUT2D eigenvalue weighted by molar-refractivity contribution is 5.80. The summed E-state index contributed by atoms with van der Waals surface area (Å²) in [4.78, 5) is 2.38. The van der Waals surface area contributed by atoms with E-state index in [9.17, 15) is 0 Å². The third-order valence-corrected chi connectivity index (χ3v) is 9.43. The van der Waals surface area contributed by atoms with E-state index >= 15 is 0 Å². The summed E-state index contributed by atoms with van der Waals surface area (Å²) in [5.74, 6) is 3.14. The van der Waals surface area contributed by atoms with E-state index in [4.69, 9.17) is 18.3 Å². The summed E-state index contributed by atoms with van der Waals surface area (Å²) >= 11 is 0. The average Bonchev–Trinajstić information content (AvgIpc) is 3.90. The monoisotopic (exact) mass is 659 g/mol. The Morgan fingerprint density at radius 1 is 0.540 bits per heavy atom. The number of aryl methyl sites for hydroxylation is 2. The van der Waals surface area contributed by atoms with Crippen LogP contribution in [-0.2, 0) is 25.0 Å². The molecule has 0 aliphatic carbocycles. The second-order valence-electron chi connectivity index (χ2n) is 12.6. The van der Waals surface area contributed by atoms with Crippen LogP contribution in [0.4, 0.5) is 17.1 Å². The topological polar surface area (TPSA) is 48.0 Å². The summed E-state index contributed by atoms with van der Waals surface area (Å²) in [6.45, 7) is 7.45. The van der Waals surface area contributed by atoms with Crippen LogP contribution in [0.2, 0.25) is 0 Å². The summed E-state index contributed by atoms with van der Waals surface area (Å²) in [5, 5.41) is 0. The Morgan fingerprint density at radius 2 is 1.04 bits per heavy atom. The molecule has 0 saturated heterocycles. The Hall–Kier alpha value is -5.94. The molecule has 0 fully saturated rings. The molecule has 0 N–H and O–H groups in total. The van der Waals surface area contributed by atoms with Gasteiger partial charge in [-0.25, -0.2) is 0 Å². The lowest BCUT2D eigenvalue weighted by Gasteiger charge is -2.33. The van der Waals surface area contributed by atoms with Crippen LogP contribution in [0.1, 0.15) is 53.2 Å². The van der Waals surface area contributed by atoms with E-state index in [1.54, 1.807) is 12.5 Å². The number of hydrogen-bond acceptors (Lipinski definition) is 5. The molecule has 7 aromatic rings. The molecular weight excluding hydrogens is 618 g/mol. The van der Waals surface area contributed by atoms with Crippen LogP contribution in [0.3, 0.4) is 0 Å². The van der Waals surface area contributed by atoms with E-state index in [0.29, 0.717) is 13.2 Å². The number of ether oxygens (including phenoxy) is 2. The molecule has 5 heteroatoms. The highest BCUT2D eigenvalue weighted by atomic mass is 16.5.